The third-order valence-corrected chi connectivity index (χ3v) is 11.0. The molecule has 2 aromatic heterocycles. The van der Waals surface area contributed by atoms with Crippen LogP contribution in [0.15, 0.2) is 176 Å². The number of pyridine rings is 1. The number of phenolic OH excluding ortho intramolecular Hbond substituents is 1. The van der Waals surface area contributed by atoms with Gasteiger partial charge in [0, 0.05) is 50.9 Å². The normalized spacial score (nSPS) is 14.5. The van der Waals surface area contributed by atoms with Gasteiger partial charge in [0.2, 0.25) is 0 Å². The Labute approximate surface area is 386 Å². The number of hydrogen-bond donors (Lipinski definition) is 1. The fourth-order valence-corrected chi connectivity index (χ4v) is 7.77. The van der Waals surface area contributed by atoms with Crippen LogP contribution >= 0.6 is 0 Å². The van der Waals surface area contributed by atoms with Crippen LogP contribution in [0.4, 0.5) is 0 Å². The summed E-state index contributed by atoms with van der Waals surface area (Å²) in [4.78, 5) is 10.2. The zero-order valence-corrected chi connectivity index (χ0v) is 36.1. The Balaban J connectivity index is 0.00000659. The molecule has 0 unspecified atom stereocenters. The Hall–Kier alpha value is -6.35. The summed E-state index contributed by atoms with van der Waals surface area (Å²) in [5.74, 6) is 0.653. The van der Waals surface area contributed by atoms with Gasteiger partial charge in [-0.1, -0.05) is 179 Å². The molecular formula is C56H48N3OPt-. The average Bonchev–Trinajstić information content (AvgIpc) is 3.70. The molecule has 5 heteroatoms. The maximum Gasteiger partial charge on any atom is 0.148 e. The number of imidazole rings is 1. The van der Waals surface area contributed by atoms with E-state index in [0.29, 0.717) is 39.3 Å². The summed E-state index contributed by atoms with van der Waals surface area (Å²) in [6, 6.07) is 57.1. The van der Waals surface area contributed by atoms with Gasteiger partial charge in [0.15, 0.2) is 0 Å². The van der Waals surface area contributed by atoms with Gasteiger partial charge in [0.05, 0.1) is 22.3 Å². The smallest absolute Gasteiger partial charge is 0.148 e. The molecule has 0 saturated heterocycles. The molecule has 2 heterocycles. The number of nitrogens with zero attached hydrogens (tertiary/aromatic N) is 3. The quantitative estimate of drug-likeness (QED) is 0.162. The first kappa shape index (κ1) is 31.5. The summed E-state index contributed by atoms with van der Waals surface area (Å²) in [5, 5.41) is 11.4. The van der Waals surface area contributed by atoms with Crippen LogP contribution in [0.25, 0.3) is 83.9 Å². The van der Waals surface area contributed by atoms with Crippen molar-refractivity contribution in [3.05, 3.63) is 193 Å². The molecule has 0 bridgehead atoms. The van der Waals surface area contributed by atoms with Gasteiger partial charge in [-0.15, -0.1) is 23.8 Å². The first-order valence-electron chi connectivity index (χ1n) is 24.4. The molecule has 0 saturated carbocycles. The number of rotatable bonds is 7. The number of hydrogen-bond acceptors (Lipinski definition) is 3. The van der Waals surface area contributed by atoms with Crippen LogP contribution < -0.4 is 0 Å². The van der Waals surface area contributed by atoms with Crippen molar-refractivity contribution in [1.29, 1.82) is 0 Å². The van der Waals surface area contributed by atoms with Gasteiger partial charge in [0.1, 0.15) is 11.6 Å². The Bertz CT molecular complexity index is 3300. The minimum absolute atomic E-state index is 0. The van der Waals surface area contributed by atoms with E-state index in [0.717, 1.165) is 44.6 Å². The van der Waals surface area contributed by atoms with Crippen molar-refractivity contribution in [2.24, 2.45) is 0 Å². The van der Waals surface area contributed by atoms with Crippen molar-refractivity contribution in [1.82, 2.24) is 14.5 Å². The van der Waals surface area contributed by atoms with E-state index in [2.05, 4.69) is 67.8 Å². The van der Waals surface area contributed by atoms with Crippen molar-refractivity contribution in [2.75, 3.05) is 0 Å². The summed E-state index contributed by atoms with van der Waals surface area (Å²) in [6.45, 7) is -3.53. The molecule has 9 aromatic rings. The Kier molecular flexibility index (Phi) is 8.58. The molecule has 9 rings (SSSR count). The standard InChI is InChI=1S/C56H48N3O.Pt/c1-55(2,3)44-26-24-38(25-27-44)40-30-31-57-49(35-40)43-33-41(37-16-9-7-10-17-37)32-42(34-43)46-21-15-22-51-53(46)58-54(47-20-13-14-23-52(47)60)59(51)50-29-28-45(56(4,5)6)36-48(50)39-18-11-8-12-19-39;/h7-33,35-36,60H,1-6H3;/q-1;/i1D3,2D3,3D3;. The Morgan fingerprint density at radius 2 is 1.18 bits per heavy atom. The summed E-state index contributed by atoms with van der Waals surface area (Å²) < 4.78 is 75.8. The van der Waals surface area contributed by atoms with Crippen molar-refractivity contribution in [3.8, 4) is 78.6 Å². The van der Waals surface area contributed by atoms with Gasteiger partial charge in [-0.25, -0.2) is 4.98 Å². The molecule has 61 heavy (non-hydrogen) atoms. The van der Waals surface area contributed by atoms with Crippen LogP contribution in [0, 0.1) is 6.07 Å². The van der Waals surface area contributed by atoms with Crippen LogP contribution in [0.3, 0.4) is 0 Å². The Morgan fingerprint density at radius 1 is 0.541 bits per heavy atom. The van der Waals surface area contributed by atoms with E-state index in [1.165, 1.54) is 17.7 Å². The molecule has 1 N–H and O–H groups in total. The number of benzene rings is 7. The maximum atomic E-state index is 11.4. The fourth-order valence-electron chi connectivity index (χ4n) is 7.77. The van der Waals surface area contributed by atoms with Crippen LogP contribution in [-0.2, 0) is 31.9 Å². The van der Waals surface area contributed by atoms with E-state index >= 15 is 0 Å². The van der Waals surface area contributed by atoms with Gasteiger partial charge in [0.25, 0.3) is 0 Å². The molecule has 0 aliphatic carbocycles. The predicted octanol–water partition coefficient (Wildman–Crippen LogP) is 14.5. The van der Waals surface area contributed by atoms with E-state index < -0.39 is 26.0 Å². The molecule has 0 fully saturated rings. The summed E-state index contributed by atoms with van der Waals surface area (Å²) >= 11 is 0. The van der Waals surface area contributed by atoms with Crippen LogP contribution in [-0.4, -0.2) is 19.6 Å². The van der Waals surface area contributed by atoms with Gasteiger partial charge in [-0.3, -0.25) is 9.55 Å². The minimum Gasteiger partial charge on any atom is -0.507 e. The number of aromatic hydroxyl groups is 1. The second kappa shape index (κ2) is 16.6. The first-order chi connectivity index (χ1) is 32.7. The third-order valence-electron chi connectivity index (χ3n) is 11.0. The fraction of sp³-hybridized carbons (Fsp3) is 0.143. The molecule has 0 aliphatic rings. The molecule has 0 radical (unpaired) electrons. The molecular weight excluding hydrogens is 926 g/mol. The molecule has 0 amide bonds. The van der Waals surface area contributed by atoms with Crippen LogP contribution in [0.1, 0.15) is 64.8 Å². The average molecular weight is 983 g/mol. The zero-order chi connectivity index (χ0) is 49.1. The number of fused-ring (bicyclic) bond motifs is 1. The summed E-state index contributed by atoms with van der Waals surface area (Å²) in [7, 11) is 0. The number of phenols is 1. The van der Waals surface area contributed by atoms with E-state index in [-0.39, 0.29) is 37.8 Å². The molecule has 0 atom stereocenters. The van der Waals surface area contributed by atoms with Crippen molar-refractivity contribution in [3.63, 3.8) is 0 Å². The van der Waals surface area contributed by atoms with Gasteiger partial charge in [-0.05, 0) is 80.6 Å². The van der Waals surface area contributed by atoms with Crippen LogP contribution in [0.5, 0.6) is 5.75 Å². The molecule has 0 spiro atoms. The maximum absolute atomic E-state index is 11.4. The number of para-hydroxylation sites is 2. The predicted molar refractivity (Wildman–Crippen MR) is 249 cm³/mol. The van der Waals surface area contributed by atoms with Gasteiger partial charge < -0.3 is 5.11 Å². The third kappa shape index (κ3) is 8.26. The Morgan fingerprint density at radius 3 is 1.89 bits per heavy atom. The van der Waals surface area contributed by atoms with E-state index in [1.54, 1.807) is 36.5 Å². The molecule has 304 valence electrons. The monoisotopic (exact) mass is 982 g/mol. The van der Waals surface area contributed by atoms with Crippen LogP contribution in [0.2, 0.25) is 0 Å². The second-order valence-corrected chi connectivity index (χ2v) is 16.1. The van der Waals surface area contributed by atoms with E-state index in [4.69, 9.17) is 22.3 Å². The second-order valence-electron chi connectivity index (χ2n) is 16.1. The zero-order valence-electron chi connectivity index (χ0n) is 42.8. The minimum atomic E-state index is -3.37. The van der Waals surface area contributed by atoms with E-state index in [1.807, 2.05) is 91.0 Å². The van der Waals surface area contributed by atoms with Crippen molar-refractivity contribution in [2.45, 2.75) is 52.2 Å². The molecule has 0 aliphatic heterocycles. The largest absolute Gasteiger partial charge is 0.507 e. The topological polar surface area (TPSA) is 50.9 Å². The molecule has 4 nitrogen and oxygen atoms in total. The van der Waals surface area contributed by atoms with Gasteiger partial charge >= 0.3 is 0 Å². The number of aromatic nitrogens is 3. The SMILES string of the molecule is [2H]C([2H])([2H])C(c1ccc(-c2ccnc(-c3[c-]c(-c4cccc5c4nc(-c4ccccc4O)n5-c4ccc(C(C)(C)C)cc4-c4ccccc4)cc(-c4ccccc4)c3)c2)cc1)(C([2H])([2H])[2H])C([2H])([2H])[2H].[Pt]. The first-order valence-corrected chi connectivity index (χ1v) is 19.9. The van der Waals surface area contributed by atoms with Crippen molar-refractivity contribution < 1.29 is 38.5 Å². The van der Waals surface area contributed by atoms with Crippen molar-refractivity contribution >= 4 is 11.0 Å². The summed E-state index contributed by atoms with van der Waals surface area (Å²) in [6.07, 6.45) is 1.65. The summed E-state index contributed by atoms with van der Waals surface area (Å²) in [5.41, 5.74) is 8.51. The van der Waals surface area contributed by atoms with Gasteiger partial charge in [-0.2, -0.15) is 0 Å². The van der Waals surface area contributed by atoms with E-state index in [9.17, 15) is 5.11 Å². The molecule has 7 aromatic carbocycles.